The summed E-state index contributed by atoms with van der Waals surface area (Å²) in [6.07, 6.45) is 7.25. The highest BCUT2D eigenvalue weighted by Gasteiger charge is 2.65. The Bertz CT molecular complexity index is 509. The molecule has 1 saturated heterocycles. The van der Waals surface area contributed by atoms with E-state index in [0.717, 1.165) is 25.7 Å². The topological polar surface area (TPSA) is 44.8 Å². The zero-order valence-corrected chi connectivity index (χ0v) is 13.8. The zero-order valence-electron chi connectivity index (χ0n) is 13.8. The molecule has 4 heteroatoms. The molecule has 122 valence electrons. The fourth-order valence-electron chi connectivity index (χ4n) is 4.29. The SMILES string of the molecule is C=C1CC2CCC3(OCC(C)(C)CO3)C2(/C=C/C(=O)OC)C1. The minimum absolute atomic E-state index is 0.0339. The van der Waals surface area contributed by atoms with Crippen molar-refractivity contribution < 1.29 is 19.0 Å². The summed E-state index contributed by atoms with van der Waals surface area (Å²) in [5, 5.41) is 0. The van der Waals surface area contributed by atoms with Crippen LogP contribution in [-0.2, 0) is 19.0 Å². The van der Waals surface area contributed by atoms with Crippen LogP contribution >= 0.6 is 0 Å². The van der Waals surface area contributed by atoms with Crippen LogP contribution in [0.15, 0.2) is 24.3 Å². The number of rotatable bonds is 2. The van der Waals surface area contributed by atoms with E-state index in [1.54, 1.807) is 0 Å². The van der Waals surface area contributed by atoms with Crippen molar-refractivity contribution in [2.45, 2.75) is 45.3 Å². The number of methoxy groups -OCH3 is 1. The van der Waals surface area contributed by atoms with Crippen LogP contribution in [-0.4, -0.2) is 32.1 Å². The number of ether oxygens (including phenoxy) is 3. The van der Waals surface area contributed by atoms with Gasteiger partial charge in [-0.25, -0.2) is 4.79 Å². The van der Waals surface area contributed by atoms with E-state index in [2.05, 4.69) is 20.4 Å². The Balaban J connectivity index is 1.94. The monoisotopic (exact) mass is 306 g/mol. The van der Waals surface area contributed by atoms with E-state index in [4.69, 9.17) is 14.2 Å². The van der Waals surface area contributed by atoms with Crippen molar-refractivity contribution >= 4 is 5.97 Å². The van der Waals surface area contributed by atoms with Gasteiger partial charge in [-0.05, 0) is 25.2 Å². The average Bonchev–Trinajstić information content (AvgIpc) is 2.94. The lowest BCUT2D eigenvalue weighted by atomic mass is 9.75. The third-order valence-corrected chi connectivity index (χ3v) is 5.45. The number of hydrogen-bond acceptors (Lipinski definition) is 4. The number of hydrogen-bond donors (Lipinski definition) is 0. The van der Waals surface area contributed by atoms with Gasteiger partial charge in [0.2, 0.25) is 0 Å². The molecule has 0 amide bonds. The number of allylic oxidation sites excluding steroid dienone is 1. The lowest BCUT2D eigenvalue weighted by Crippen LogP contribution is -2.55. The van der Waals surface area contributed by atoms with E-state index in [0.29, 0.717) is 19.1 Å². The van der Waals surface area contributed by atoms with Crippen LogP contribution in [0, 0.1) is 16.7 Å². The molecule has 3 rings (SSSR count). The lowest BCUT2D eigenvalue weighted by Gasteiger charge is -2.49. The van der Waals surface area contributed by atoms with Gasteiger partial charge in [-0.3, -0.25) is 0 Å². The van der Waals surface area contributed by atoms with E-state index >= 15 is 0 Å². The molecule has 1 aliphatic heterocycles. The Labute approximate surface area is 132 Å². The molecular weight excluding hydrogens is 280 g/mol. The average molecular weight is 306 g/mol. The molecule has 1 heterocycles. The second-order valence-corrected chi connectivity index (χ2v) is 7.76. The van der Waals surface area contributed by atoms with Gasteiger partial charge in [0.25, 0.3) is 0 Å². The Morgan fingerprint density at radius 2 is 2.05 bits per heavy atom. The summed E-state index contributed by atoms with van der Waals surface area (Å²) in [7, 11) is 1.40. The smallest absolute Gasteiger partial charge is 0.330 e. The van der Waals surface area contributed by atoms with Gasteiger partial charge in [-0.15, -0.1) is 0 Å². The van der Waals surface area contributed by atoms with Crippen molar-refractivity contribution in [1.82, 2.24) is 0 Å². The molecule has 0 radical (unpaired) electrons. The maximum absolute atomic E-state index is 11.6. The van der Waals surface area contributed by atoms with Crippen LogP contribution in [0.4, 0.5) is 0 Å². The van der Waals surface area contributed by atoms with Gasteiger partial charge in [0, 0.05) is 23.3 Å². The highest BCUT2D eigenvalue weighted by molar-refractivity contribution is 5.82. The maximum Gasteiger partial charge on any atom is 0.330 e. The van der Waals surface area contributed by atoms with Gasteiger partial charge in [-0.1, -0.05) is 32.1 Å². The normalized spacial score (nSPS) is 36.0. The minimum atomic E-state index is -0.614. The second-order valence-electron chi connectivity index (χ2n) is 7.76. The zero-order chi connectivity index (χ0) is 16.0. The van der Waals surface area contributed by atoms with Gasteiger partial charge in [0.15, 0.2) is 5.79 Å². The van der Waals surface area contributed by atoms with Crippen molar-refractivity contribution in [1.29, 1.82) is 0 Å². The molecule has 2 atom stereocenters. The molecule has 0 aromatic heterocycles. The van der Waals surface area contributed by atoms with E-state index in [1.807, 2.05) is 6.08 Å². The summed E-state index contributed by atoms with van der Waals surface area (Å²) in [6.45, 7) is 9.83. The molecule has 4 nitrogen and oxygen atoms in total. The molecule has 0 aromatic carbocycles. The quantitative estimate of drug-likeness (QED) is 0.446. The first-order valence-corrected chi connectivity index (χ1v) is 8.04. The Morgan fingerprint density at radius 3 is 2.68 bits per heavy atom. The predicted octanol–water partition coefficient (Wildman–Crippen LogP) is 3.23. The van der Waals surface area contributed by atoms with E-state index in [-0.39, 0.29) is 16.8 Å². The molecule has 3 fully saturated rings. The molecule has 3 aliphatic rings. The minimum Gasteiger partial charge on any atom is -0.466 e. The van der Waals surface area contributed by atoms with Crippen LogP contribution < -0.4 is 0 Å². The van der Waals surface area contributed by atoms with Gasteiger partial charge in [0.1, 0.15) is 0 Å². The van der Waals surface area contributed by atoms with Crippen LogP contribution in [0.3, 0.4) is 0 Å². The number of esters is 1. The van der Waals surface area contributed by atoms with E-state index in [9.17, 15) is 4.79 Å². The van der Waals surface area contributed by atoms with Crippen LogP contribution in [0.1, 0.15) is 39.5 Å². The molecule has 2 aliphatic carbocycles. The lowest BCUT2D eigenvalue weighted by molar-refractivity contribution is -0.330. The van der Waals surface area contributed by atoms with E-state index in [1.165, 1.54) is 18.8 Å². The third-order valence-electron chi connectivity index (χ3n) is 5.45. The highest BCUT2D eigenvalue weighted by Crippen LogP contribution is 2.64. The molecule has 22 heavy (non-hydrogen) atoms. The molecule has 1 spiro atoms. The van der Waals surface area contributed by atoms with Crippen molar-refractivity contribution in [3.63, 3.8) is 0 Å². The number of carbonyl (C=O) groups is 1. The standard InChI is InChI=1S/C18H26O4/c1-13-9-14-5-8-18(21-11-16(2,3)12-22-18)17(14,10-13)7-6-15(19)20-4/h6-7,14H,1,5,8-12H2,2-4H3/b7-6+. The van der Waals surface area contributed by atoms with Gasteiger partial charge in [0.05, 0.1) is 20.3 Å². The largest absolute Gasteiger partial charge is 0.466 e. The highest BCUT2D eigenvalue weighted by atomic mass is 16.7. The van der Waals surface area contributed by atoms with Gasteiger partial charge < -0.3 is 14.2 Å². The number of carbonyl (C=O) groups excluding carboxylic acids is 1. The van der Waals surface area contributed by atoms with Crippen molar-refractivity contribution in [3.05, 3.63) is 24.3 Å². The first-order chi connectivity index (χ1) is 10.3. The molecular formula is C18H26O4. The summed E-state index contributed by atoms with van der Waals surface area (Å²) in [6, 6.07) is 0. The summed E-state index contributed by atoms with van der Waals surface area (Å²) >= 11 is 0. The molecule has 2 unspecified atom stereocenters. The molecule has 0 N–H and O–H groups in total. The van der Waals surface area contributed by atoms with Gasteiger partial charge >= 0.3 is 5.97 Å². The molecule has 0 aromatic rings. The van der Waals surface area contributed by atoms with Crippen molar-refractivity contribution in [2.75, 3.05) is 20.3 Å². The first kappa shape index (κ1) is 15.8. The summed E-state index contributed by atoms with van der Waals surface area (Å²) in [4.78, 5) is 11.6. The van der Waals surface area contributed by atoms with Crippen LogP contribution in [0.25, 0.3) is 0 Å². The fraction of sp³-hybridized carbons (Fsp3) is 0.722. The molecule has 2 saturated carbocycles. The van der Waals surface area contributed by atoms with Crippen LogP contribution in [0.2, 0.25) is 0 Å². The van der Waals surface area contributed by atoms with Gasteiger partial charge in [-0.2, -0.15) is 0 Å². The molecule has 0 bridgehead atoms. The van der Waals surface area contributed by atoms with E-state index < -0.39 is 5.79 Å². The predicted molar refractivity (Wildman–Crippen MR) is 83.1 cm³/mol. The fourth-order valence-corrected chi connectivity index (χ4v) is 4.29. The Hall–Kier alpha value is -1.13. The second kappa shape index (κ2) is 5.20. The Kier molecular flexibility index (Phi) is 3.73. The Morgan fingerprint density at radius 1 is 1.36 bits per heavy atom. The van der Waals surface area contributed by atoms with Crippen molar-refractivity contribution in [2.24, 2.45) is 16.7 Å². The summed E-state index contributed by atoms with van der Waals surface area (Å²) in [5.41, 5.74) is 0.969. The first-order valence-electron chi connectivity index (χ1n) is 8.04. The summed E-state index contributed by atoms with van der Waals surface area (Å²) in [5.74, 6) is -0.511. The maximum atomic E-state index is 11.6. The van der Waals surface area contributed by atoms with Crippen LogP contribution in [0.5, 0.6) is 0 Å². The third kappa shape index (κ3) is 2.33. The van der Waals surface area contributed by atoms with Crippen molar-refractivity contribution in [3.8, 4) is 0 Å². The summed E-state index contributed by atoms with van der Waals surface area (Å²) < 4.78 is 17.4. The number of fused-ring (bicyclic) bond motifs is 2.